The predicted molar refractivity (Wildman–Crippen MR) is 236 cm³/mol. The second kappa shape index (κ2) is 22.6. The maximum Gasteiger partial charge on any atom is 0.408 e. The third-order valence-electron chi connectivity index (χ3n) is 9.94. The standard InChI is InChI=1S/C48H56N6O8/c1-48(2,3)62-47(60)52-39(25-16-17-27-49-46(59)61-32-36-22-12-7-13-23-36)43(56)50-40(29-37-31-54(33-55)42-26-15-14-24-38(37)42)44(57)51-41(28-34-18-8-5-9-19-34)45(58)53(4)30-35-20-10-6-11-21-35/h5-15,18-24,26,31,33,39-41H,16-17,25,27-30,32H2,1-4H3,(H,49,59)(H,50,56)(H,51,57)(H,52,60)/t39-,40+,41-/m0/s1. The lowest BCUT2D eigenvalue weighted by Crippen LogP contribution is -2.58. The van der Waals surface area contributed by atoms with Crippen molar-refractivity contribution in [3.63, 3.8) is 0 Å². The van der Waals surface area contributed by atoms with Crippen LogP contribution in [0.5, 0.6) is 0 Å². The molecule has 0 radical (unpaired) electrons. The first-order valence-electron chi connectivity index (χ1n) is 20.7. The fraction of sp³-hybridized carbons (Fsp3) is 0.333. The Kier molecular flexibility index (Phi) is 16.8. The van der Waals surface area contributed by atoms with Gasteiger partial charge in [-0.25, -0.2) is 9.59 Å². The number of para-hydroxylation sites is 1. The predicted octanol–water partition coefficient (Wildman–Crippen LogP) is 6.08. The van der Waals surface area contributed by atoms with Crippen LogP contribution >= 0.6 is 0 Å². The van der Waals surface area contributed by atoms with Crippen LogP contribution in [0.4, 0.5) is 9.59 Å². The number of rotatable bonds is 20. The average Bonchev–Trinajstić information content (AvgIpc) is 3.61. The molecule has 0 aliphatic carbocycles. The molecule has 4 aromatic carbocycles. The van der Waals surface area contributed by atoms with E-state index in [1.807, 2.05) is 103 Å². The first kappa shape index (κ1) is 46.1. The molecular formula is C48H56N6O8. The summed E-state index contributed by atoms with van der Waals surface area (Å²) in [5, 5.41) is 11.9. The van der Waals surface area contributed by atoms with Crippen LogP contribution in [-0.2, 0) is 54.6 Å². The maximum atomic E-state index is 14.6. The Morgan fingerprint density at radius 2 is 1.26 bits per heavy atom. The fourth-order valence-electron chi connectivity index (χ4n) is 6.91. The lowest BCUT2D eigenvalue weighted by Gasteiger charge is -2.28. The van der Waals surface area contributed by atoms with Crippen LogP contribution in [0.15, 0.2) is 121 Å². The molecule has 5 rings (SSSR count). The number of alkyl carbamates (subject to hydrolysis) is 2. The SMILES string of the molecule is CN(Cc1ccccc1)C(=O)[C@H](Cc1ccccc1)NC(=O)[C@@H](Cc1cn(C=O)c2ccccc12)NC(=O)[C@H](CCCCNC(=O)OCc1ccccc1)NC(=O)OC(C)(C)C. The zero-order valence-electron chi connectivity index (χ0n) is 35.7. The highest BCUT2D eigenvalue weighted by Crippen LogP contribution is 2.22. The average molecular weight is 845 g/mol. The molecule has 0 saturated carbocycles. The van der Waals surface area contributed by atoms with Gasteiger partial charge in [-0.1, -0.05) is 109 Å². The van der Waals surface area contributed by atoms with E-state index < -0.39 is 47.7 Å². The van der Waals surface area contributed by atoms with Crippen molar-refractivity contribution in [2.75, 3.05) is 13.6 Å². The fourth-order valence-corrected chi connectivity index (χ4v) is 6.91. The van der Waals surface area contributed by atoms with E-state index >= 15 is 0 Å². The number of amides is 5. The van der Waals surface area contributed by atoms with E-state index in [9.17, 15) is 28.8 Å². The molecule has 0 aliphatic rings. The molecular weight excluding hydrogens is 789 g/mol. The molecule has 14 heteroatoms. The van der Waals surface area contributed by atoms with Crippen LogP contribution in [0.1, 0.15) is 62.3 Å². The Hall–Kier alpha value is -6.96. The van der Waals surface area contributed by atoms with E-state index in [-0.39, 0.29) is 38.3 Å². The van der Waals surface area contributed by atoms with Gasteiger partial charge in [-0.05, 0) is 68.4 Å². The number of carbonyl (C=O) groups excluding carboxylic acids is 6. The van der Waals surface area contributed by atoms with Crippen LogP contribution in [0.2, 0.25) is 0 Å². The van der Waals surface area contributed by atoms with E-state index in [0.29, 0.717) is 42.3 Å². The van der Waals surface area contributed by atoms with Crippen LogP contribution < -0.4 is 21.3 Å². The van der Waals surface area contributed by atoms with Crippen LogP contribution in [-0.4, -0.2) is 83.1 Å². The van der Waals surface area contributed by atoms with Crippen LogP contribution in [0.3, 0.4) is 0 Å². The molecule has 0 fully saturated rings. The molecule has 62 heavy (non-hydrogen) atoms. The third-order valence-corrected chi connectivity index (χ3v) is 9.94. The van der Waals surface area contributed by atoms with E-state index in [1.165, 1.54) is 4.57 Å². The largest absolute Gasteiger partial charge is 0.445 e. The molecule has 14 nitrogen and oxygen atoms in total. The summed E-state index contributed by atoms with van der Waals surface area (Å²) in [6.07, 6.45) is 1.93. The first-order valence-corrected chi connectivity index (χ1v) is 20.7. The molecule has 1 aromatic heterocycles. The summed E-state index contributed by atoms with van der Waals surface area (Å²) in [4.78, 5) is 82.1. The van der Waals surface area contributed by atoms with Gasteiger partial charge in [0.05, 0.1) is 5.52 Å². The van der Waals surface area contributed by atoms with Crippen LogP contribution in [0.25, 0.3) is 10.9 Å². The topological polar surface area (TPSA) is 177 Å². The highest BCUT2D eigenvalue weighted by atomic mass is 16.6. The molecule has 0 spiro atoms. The summed E-state index contributed by atoms with van der Waals surface area (Å²) >= 11 is 0. The van der Waals surface area contributed by atoms with Gasteiger partial charge in [-0.2, -0.15) is 0 Å². The Morgan fingerprint density at radius 3 is 1.90 bits per heavy atom. The number of fused-ring (bicyclic) bond motifs is 1. The minimum Gasteiger partial charge on any atom is -0.445 e. The molecule has 0 aliphatic heterocycles. The van der Waals surface area contributed by atoms with Crippen molar-refractivity contribution in [1.29, 1.82) is 0 Å². The number of hydrogen-bond donors (Lipinski definition) is 4. The Balaban J connectivity index is 1.36. The normalized spacial score (nSPS) is 12.6. The number of nitrogens with zero attached hydrogens (tertiary/aromatic N) is 2. The van der Waals surface area contributed by atoms with Crippen molar-refractivity contribution < 1.29 is 38.2 Å². The highest BCUT2D eigenvalue weighted by Gasteiger charge is 2.32. The van der Waals surface area contributed by atoms with Crippen molar-refractivity contribution in [2.24, 2.45) is 0 Å². The van der Waals surface area contributed by atoms with Gasteiger partial charge in [-0.15, -0.1) is 0 Å². The maximum absolute atomic E-state index is 14.6. The van der Waals surface area contributed by atoms with Gasteiger partial charge in [0.1, 0.15) is 30.3 Å². The summed E-state index contributed by atoms with van der Waals surface area (Å²) in [6, 6.07) is 31.8. The second-order valence-electron chi connectivity index (χ2n) is 16.1. The zero-order chi connectivity index (χ0) is 44.5. The minimum absolute atomic E-state index is 0.0563. The molecule has 5 amide bonds. The van der Waals surface area contributed by atoms with Crippen molar-refractivity contribution in [3.05, 3.63) is 144 Å². The van der Waals surface area contributed by atoms with Crippen molar-refractivity contribution >= 4 is 47.2 Å². The Labute approximate surface area is 362 Å². The van der Waals surface area contributed by atoms with Gasteiger partial charge < -0.3 is 35.6 Å². The number of benzene rings is 4. The van der Waals surface area contributed by atoms with Gasteiger partial charge >= 0.3 is 12.2 Å². The molecule has 5 aromatic rings. The summed E-state index contributed by atoms with van der Waals surface area (Å²) in [5.41, 5.74) is 2.92. The monoisotopic (exact) mass is 844 g/mol. The Morgan fingerprint density at radius 1 is 0.677 bits per heavy atom. The number of hydrogen-bond acceptors (Lipinski definition) is 8. The molecule has 1 heterocycles. The molecule has 0 unspecified atom stereocenters. The van der Waals surface area contributed by atoms with E-state index in [0.717, 1.165) is 16.7 Å². The number of nitrogens with one attached hydrogen (secondary N) is 4. The van der Waals surface area contributed by atoms with E-state index in [1.54, 1.807) is 51.0 Å². The zero-order valence-corrected chi connectivity index (χ0v) is 35.7. The van der Waals surface area contributed by atoms with Crippen LogP contribution in [0, 0.1) is 0 Å². The molecule has 4 N–H and O–H groups in total. The lowest BCUT2D eigenvalue weighted by atomic mass is 10.0. The van der Waals surface area contributed by atoms with E-state index in [4.69, 9.17) is 9.47 Å². The molecule has 326 valence electrons. The molecule has 0 saturated heterocycles. The molecule has 3 atom stereocenters. The first-order chi connectivity index (χ1) is 29.8. The van der Waals surface area contributed by atoms with Gasteiger partial charge in [0.15, 0.2) is 0 Å². The highest BCUT2D eigenvalue weighted by molar-refractivity contribution is 5.95. The summed E-state index contributed by atoms with van der Waals surface area (Å²) < 4.78 is 12.2. The number of aromatic nitrogens is 1. The van der Waals surface area contributed by atoms with E-state index in [2.05, 4.69) is 21.3 Å². The molecule has 0 bridgehead atoms. The summed E-state index contributed by atoms with van der Waals surface area (Å²) in [6.45, 7) is 5.76. The van der Waals surface area contributed by atoms with Gasteiger partial charge in [0, 0.05) is 44.6 Å². The number of carbonyl (C=O) groups is 6. The number of ether oxygens (including phenoxy) is 2. The van der Waals surface area contributed by atoms with Gasteiger partial charge in [0.25, 0.3) is 0 Å². The summed E-state index contributed by atoms with van der Waals surface area (Å²) in [7, 11) is 1.67. The van der Waals surface area contributed by atoms with Crippen molar-refractivity contribution in [3.8, 4) is 0 Å². The summed E-state index contributed by atoms with van der Waals surface area (Å²) in [5.74, 6) is -1.65. The second-order valence-corrected chi connectivity index (χ2v) is 16.1. The minimum atomic E-state index is -1.26. The van der Waals surface area contributed by atoms with Crippen molar-refractivity contribution in [1.82, 2.24) is 30.7 Å². The smallest absolute Gasteiger partial charge is 0.408 e. The lowest BCUT2D eigenvalue weighted by molar-refractivity contribution is -0.137. The number of likely N-dealkylation sites (N-methyl/N-ethyl adjacent to an activating group) is 1. The van der Waals surface area contributed by atoms with Crippen molar-refractivity contribution in [2.45, 2.75) is 89.8 Å². The quantitative estimate of drug-likeness (QED) is 0.0538. The van der Waals surface area contributed by atoms with Gasteiger partial charge in [0.2, 0.25) is 24.1 Å². The number of unbranched alkanes of at least 4 members (excludes halogenated alkanes) is 1. The third kappa shape index (κ3) is 14.4. The van der Waals surface area contributed by atoms with Gasteiger partial charge in [-0.3, -0.25) is 23.7 Å². The Bertz CT molecular complexity index is 2260.